The molecule has 7 heteroatoms. The highest BCUT2D eigenvalue weighted by Gasteiger charge is 2.68. The Balaban J connectivity index is 3.23. The number of halogens is 6. The third-order valence-electron chi connectivity index (χ3n) is 2.37. The van der Waals surface area contributed by atoms with Crippen LogP contribution < -0.4 is 0 Å². The number of alkyl halides is 5. The summed E-state index contributed by atoms with van der Waals surface area (Å²) in [5.74, 6) is -5.23. The van der Waals surface area contributed by atoms with Crippen LogP contribution in [0.1, 0.15) is 12.5 Å². The smallest absolute Gasteiger partial charge is 0.379 e. The molecule has 0 aliphatic rings. The van der Waals surface area contributed by atoms with E-state index >= 15 is 0 Å². The van der Waals surface area contributed by atoms with Gasteiger partial charge in [-0.2, -0.15) is 22.0 Å². The Morgan fingerprint density at radius 3 is 1.76 bits per heavy atom. The summed E-state index contributed by atoms with van der Waals surface area (Å²) in [4.78, 5) is 0. The van der Waals surface area contributed by atoms with E-state index in [-0.39, 0.29) is 0 Å². The minimum absolute atomic E-state index is 0.434. The summed E-state index contributed by atoms with van der Waals surface area (Å²) in [5.41, 5.74) is -3.82. The van der Waals surface area contributed by atoms with E-state index in [0.717, 1.165) is 12.1 Å². The Morgan fingerprint density at radius 2 is 1.41 bits per heavy atom. The number of rotatable bonds is 2. The summed E-state index contributed by atoms with van der Waals surface area (Å²) in [6, 6.07) is 4.56. The Labute approximate surface area is 102 Å². The van der Waals surface area contributed by atoms with Gasteiger partial charge in [-0.15, -0.1) is 0 Å². The molecule has 17 heavy (non-hydrogen) atoms. The van der Waals surface area contributed by atoms with Crippen molar-refractivity contribution in [3.05, 3.63) is 34.3 Å². The zero-order valence-corrected chi connectivity index (χ0v) is 10.1. The van der Waals surface area contributed by atoms with Crippen LogP contribution in [0, 0.1) is 0 Å². The van der Waals surface area contributed by atoms with E-state index in [1.165, 1.54) is 12.1 Å². The fourth-order valence-corrected chi connectivity index (χ4v) is 1.50. The first-order valence-corrected chi connectivity index (χ1v) is 5.22. The van der Waals surface area contributed by atoms with E-state index in [0.29, 0.717) is 11.4 Å². The first-order chi connectivity index (χ1) is 7.50. The van der Waals surface area contributed by atoms with Crippen molar-refractivity contribution in [1.82, 2.24) is 0 Å². The third-order valence-corrected chi connectivity index (χ3v) is 2.90. The maximum absolute atomic E-state index is 13.1. The van der Waals surface area contributed by atoms with Gasteiger partial charge >= 0.3 is 12.1 Å². The molecule has 1 nitrogen and oxygen atoms in total. The van der Waals surface area contributed by atoms with Gasteiger partial charge in [-0.1, -0.05) is 28.1 Å². The zero-order valence-electron chi connectivity index (χ0n) is 8.52. The van der Waals surface area contributed by atoms with Crippen molar-refractivity contribution in [1.29, 1.82) is 0 Å². The summed E-state index contributed by atoms with van der Waals surface area (Å²) in [7, 11) is 0. The van der Waals surface area contributed by atoms with Gasteiger partial charge in [0.1, 0.15) is 0 Å². The van der Waals surface area contributed by atoms with Crippen LogP contribution in [0.4, 0.5) is 22.0 Å². The Hall–Kier alpha value is -0.690. The summed E-state index contributed by atoms with van der Waals surface area (Å²) < 4.78 is 63.2. The molecule has 0 aliphatic heterocycles. The van der Waals surface area contributed by atoms with Gasteiger partial charge in [-0.3, -0.25) is 0 Å². The normalized spacial score (nSPS) is 16.7. The lowest BCUT2D eigenvalue weighted by Crippen LogP contribution is -2.53. The molecule has 1 N–H and O–H groups in total. The van der Waals surface area contributed by atoms with E-state index in [1.807, 2.05) is 0 Å². The first-order valence-electron chi connectivity index (χ1n) is 4.43. The fourth-order valence-electron chi connectivity index (χ4n) is 1.23. The molecule has 0 radical (unpaired) electrons. The van der Waals surface area contributed by atoms with Crippen LogP contribution in [0.3, 0.4) is 0 Å². The molecule has 0 saturated carbocycles. The van der Waals surface area contributed by atoms with Gasteiger partial charge in [-0.25, -0.2) is 0 Å². The molecule has 96 valence electrons. The second-order valence-electron chi connectivity index (χ2n) is 3.65. The average molecular weight is 319 g/mol. The number of hydrogen-bond donors (Lipinski definition) is 1. The highest BCUT2D eigenvalue weighted by molar-refractivity contribution is 9.10. The predicted octanol–water partition coefficient (Wildman–Crippen LogP) is 3.85. The summed E-state index contributed by atoms with van der Waals surface area (Å²) >= 11 is 3.01. The van der Waals surface area contributed by atoms with E-state index < -0.39 is 23.3 Å². The molecule has 1 unspecified atom stereocenters. The van der Waals surface area contributed by atoms with Crippen LogP contribution >= 0.6 is 15.9 Å². The largest absolute Gasteiger partial charge is 0.456 e. The van der Waals surface area contributed by atoms with Gasteiger partial charge in [0, 0.05) is 4.47 Å². The van der Waals surface area contributed by atoms with Crippen molar-refractivity contribution in [2.45, 2.75) is 24.6 Å². The van der Waals surface area contributed by atoms with E-state index in [4.69, 9.17) is 0 Å². The molecule has 1 aromatic carbocycles. The molecule has 0 amide bonds. The van der Waals surface area contributed by atoms with Crippen molar-refractivity contribution in [2.75, 3.05) is 0 Å². The highest BCUT2D eigenvalue weighted by atomic mass is 79.9. The van der Waals surface area contributed by atoms with Crippen molar-refractivity contribution < 1.29 is 27.1 Å². The second kappa shape index (κ2) is 4.20. The number of hydrogen-bond acceptors (Lipinski definition) is 1. The molecule has 0 aliphatic carbocycles. The van der Waals surface area contributed by atoms with Crippen LogP contribution in [-0.2, 0) is 5.60 Å². The Morgan fingerprint density at radius 1 is 1.00 bits per heavy atom. The van der Waals surface area contributed by atoms with E-state index in [1.54, 1.807) is 0 Å². The summed E-state index contributed by atoms with van der Waals surface area (Å²) in [6.45, 7) is 0.434. The van der Waals surface area contributed by atoms with Gasteiger partial charge < -0.3 is 5.11 Å². The van der Waals surface area contributed by atoms with Gasteiger partial charge in [0.2, 0.25) is 0 Å². The van der Waals surface area contributed by atoms with Crippen LogP contribution in [-0.4, -0.2) is 17.2 Å². The third kappa shape index (κ3) is 2.44. The van der Waals surface area contributed by atoms with E-state index in [2.05, 4.69) is 15.9 Å². The topological polar surface area (TPSA) is 20.2 Å². The number of aliphatic hydroxyl groups is 1. The van der Waals surface area contributed by atoms with Gasteiger partial charge in [0.25, 0.3) is 0 Å². The quantitative estimate of drug-likeness (QED) is 0.821. The molecule has 0 fully saturated rings. The van der Waals surface area contributed by atoms with Crippen molar-refractivity contribution in [3.8, 4) is 0 Å². The molecular weight excluding hydrogens is 311 g/mol. The zero-order chi connectivity index (χ0) is 13.5. The molecular formula is C10H8BrF5O. The molecule has 0 aromatic heterocycles. The molecule has 0 spiro atoms. The van der Waals surface area contributed by atoms with Crippen molar-refractivity contribution in [3.63, 3.8) is 0 Å². The SMILES string of the molecule is CC(O)(c1ccc(Br)cc1)C(F)(F)C(F)(F)F. The molecule has 1 aromatic rings. The molecule has 1 atom stereocenters. The van der Waals surface area contributed by atoms with Gasteiger partial charge in [0.15, 0.2) is 5.60 Å². The minimum atomic E-state index is -5.82. The minimum Gasteiger partial charge on any atom is -0.379 e. The molecule has 1 rings (SSSR count). The maximum Gasteiger partial charge on any atom is 0.456 e. The summed E-state index contributed by atoms with van der Waals surface area (Å²) in [6.07, 6.45) is -5.82. The standard InChI is InChI=1S/C10H8BrF5O/c1-8(17,9(12,13)10(14,15)16)6-2-4-7(11)5-3-6/h2-5,17H,1H3. The molecule has 0 heterocycles. The molecule has 0 bridgehead atoms. The predicted molar refractivity (Wildman–Crippen MR) is 54.7 cm³/mol. The fraction of sp³-hybridized carbons (Fsp3) is 0.400. The average Bonchev–Trinajstić information content (AvgIpc) is 2.16. The van der Waals surface area contributed by atoms with Crippen LogP contribution in [0.15, 0.2) is 28.7 Å². The van der Waals surface area contributed by atoms with Crippen molar-refractivity contribution >= 4 is 15.9 Å². The monoisotopic (exact) mass is 318 g/mol. The lowest BCUT2D eigenvalue weighted by molar-refractivity contribution is -0.342. The van der Waals surface area contributed by atoms with E-state index in [9.17, 15) is 27.1 Å². The number of benzene rings is 1. The van der Waals surface area contributed by atoms with Crippen LogP contribution in [0.5, 0.6) is 0 Å². The Bertz CT molecular complexity index is 396. The van der Waals surface area contributed by atoms with Gasteiger partial charge in [0.05, 0.1) is 0 Å². The van der Waals surface area contributed by atoms with Crippen LogP contribution in [0.2, 0.25) is 0 Å². The van der Waals surface area contributed by atoms with Gasteiger partial charge in [-0.05, 0) is 24.6 Å². The Kier molecular flexibility index (Phi) is 3.55. The highest BCUT2D eigenvalue weighted by Crippen LogP contribution is 2.48. The van der Waals surface area contributed by atoms with Crippen LogP contribution in [0.25, 0.3) is 0 Å². The second-order valence-corrected chi connectivity index (χ2v) is 4.57. The maximum atomic E-state index is 13.1. The van der Waals surface area contributed by atoms with Crippen molar-refractivity contribution in [2.24, 2.45) is 0 Å². The first kappa shape index (κ1) is 14.4. The lowest BCUT2D eigenvalue weighted by atomic mass is 9.89. The molecule has 0 saturated heterocycles. The summed E-state index contributed by atoms with van der Waals surface area (Å²) in [5, 5.41) is 9.45. The lowest BCUT2D eigenvalue weighted by Gasteiger charge is -2.34.